The van der Waals surface area contributed by atoms with E-state index in [2.05, 4.69) is 36.7 Å². The second kappa shape index (κ2) is 8.26. The standard InChI is InChI=1S/C20H20ClNOS2/c1-13(2)14-3-6-17(7-4-14)22-20(23)12-24-10-15-11-25-19-8-5-16(21)9-18(15)19/h3-9,11,13H,10,12H2,1-2H3,(H,22,23). The SMILES string of the molecule is CC(C)c1ccc(NC(=O)CSCc2csc3ccc(Cl)cc23)cc1. The third kappa shape index (κ3) is 4.78. The molecule has 0 atom stereocenters. The minimum Gasteiger partial charge on any atom is -0.325 e. The number of benzene rings is 2. The second-order valence-electron chi connectivity index (χ2n) is 6.22. The van der Waals surface area contributed by atoms with Gasteiger partial charge in [-0.25, -0.2) is 0 Å². The molecule has 130 valence electrons. The van der Waals surface area contributed by atoms with Gasteiger partial charge in [0.15, 0.2) is 0 Å². The van der Waals surface area contributed by atoms with Crippen LogP contribution in [-0.4, -0.2) is 11.7 Å². The van der Waals surface area contributed by atoms with Crippen LogP contribution in [0.15, 0.2) is 47.8 Å². The van der Waals surface area contributed by atoms with Crippen molar-refractivity contribution in [3.05, 3.63) is 64.0 Å². The van der Waals surface area contributed by atoms with Gasteiger partial charge in [-0.05, 0) is 58.1 Å². The van der Waals surface area contributed by atoms with Crippen molar-refractivity contribution < 1.29 is 4.79 Å². The summed E-state index contributed by atoms with van der Waals surface area (Å²) in [6, 6.07) is 14.0. The summed E-state index contributed by atoms with van der Waals surface area (Å²) in [5.41, 5.74) is 3.36. The molecular formula is C20H20ClNOS2. The second-order valence-corrected chi connectivity index (χ2v) is 8.55. The number of rotatable bonds is 6. The fourth-order valence-electron chi connectivity index (χ4n) is 2.57. The molecule has 5 heteroatoms. The first-order valence-corrected chi connectivity index (χ1v) is 10.6. The van der Waals surface area contributed by atoms with E-state index in [-0.39, 0.29) is 5.91 Å². The molecule has 1 aromatic heterocycles. The monoisotopic (exact) mass is 389 g/mol. The van der Waals surface area contributed by atoms with Gasteiger partial charge in [-0.15, -0.1) is 23.1 Å². The maximum absolute atomic E-state index is 12.1. The molecule has 0 fully saturated rings. The van der Waals surface area contributed by atoms with E-state index >= 15 is 0 Å². The van der Waals surface area contributed by atoms with Crippen molar-refractivity contribution in [3.63, 3.8) is 0 Å². The fraction of sp³-hybridized carbons (Fsp3) is 0.250. The minimum absolute atomic E-state index is 0.0277. The smallest absolute Gasteiger partial charge is 0.234 e. The minimum atomic E-state index is 0.0277. The van der Waals surface area contributed by atoms with Gasteiger partial charge in [0.05, 0.1) is 5.75 Å². The highest BCUT2D eigenvalue weighted by atomic mass is 35.5. The van der Waals surface area contributed by atoms with Crippen molar-refractivity contribution in [3.8, 4) is 0 Å². The molecule has 3 rings (SSSR count). The van der Waals surface area contributed by atoms with Crippen LogP contribution in [0, 0.1) is 0 Å². The summed E-state index contributed by atoms with van der Waals surface area (Å²) in [5, 5.41) is 7.04. The number of anilines is 1. The molecule has 1 amide bonds. The van der Waals surface area contributed by atoms with Gasteiger partial charge in [-0.3, -0.25) is 4.79 Å². The Balaban J connectivity index is 1.52. The third-order valence-corrected chi connectivity index (χ3v) is 6.20. The number of nitrogens with one attached hydrogen (secondary N) is 1. The van der Waals surface area contributed by atoms with E-state index in [4.69, 9.17) is 11.6 Å². The Bertz CT molecular complexity index is 871. The molecule has 0 saturated carbocycles. The summed E-state index contributed by atoms with van der Waals surface area (Å²) in [6.07, 6.45) is 0. The highest BCUT2D eigenvalue weighted by molar-refractivity contribution is 7.99. The van der Waals surface area contributed by atoms with Gasteiger partial charge in [0, 0.05) is 21.2 Å². The van der Waals surface area contributed by atoms with Crippen LogP contribution in [0.1, 0.15) is 30.9 Å². The normalized spacial score (nSPS) is 11.2. The summed E-state index contributed by atoms with van der Waals surface area (Å²) >= 11 is 9.42. The molecule has 3 aromatic rings. The van der Waals surface area contributed by atoms with E-state index < -0.39 is 0 Å². The Morgan fingerprint density at radius 1 is 1.20 bits per heavy atom. The van der Waals surface area contributed by atoms with Crippen molar-refractivity contribution in [1.29, 1.82) is 0 Å². The number of amides is 1. The predicted molar refractivity (Wildman–Crippen MR) is 112 cm³/mol. The van der Waals surface area contributed by atoms with E-state index in [1.54, 1.807) is 23.1 Å². The zero-order chi connectivity index (χ0) is 17.8. The number of carbonyl (C=O) groups excluding carboxylic acids is 1. The lowest BCUT2D eigenvalue weighted by molar-refractivity contribution is -0.113. The molecule has 25 heavy (non-hydrogen) atoms. The van der Waals surface area contributed by atoms with Crippen LogP contribution in [0.2, 0.25) is 5.02 Å². The van der Waals surface area contributed by atoms with Gasteiger partial charge >= 0.3 is 0 Å². The lowest BCUT2D eigenvalue weighted by Crippen LogP contribution is -2.14. The first kappa shape index (κ1) is 18.3. The Morgan fingerprint density at radius 2 is 1.96 bits per heavy atom. The fourth-order valence-corrected chi connectivity index (χ4v) is 4.61. The predicted octanol–water partition coefficient (Wildman–Crippen LogP) is 6.55. The summed E-state index contributed by atoms with van der Waals surface area (Å²) in [4.78, 5) is 12.1. The van der Waals surface area contributed by atoms with Gasteiger partial charge < -0.3 is 5.32 Å². The van der Waals surface area contributed by atoms with Crippen LogP contribution in [0.25, 0.3) is 10.1 Å². The zero-order valence-corrected chi connectivity index (χ0v) is 16.6. The summed E-state index contributed by atoms with van der Waals surface area (Å²) < 4.78 is 1.23. The lowest BCUT2D eigenvalue weighted by Gasteiger charge is -2.08. The molecule has 0 radical (unpaired) electrons. The van der Waals surface area contributed by atoms with Crippen LogP contribution < -0.4 is 5.32 Å². The van der Waals surface area contributed by atoms with Gasteiger partial charge in [0.2, 0.25) is 5.91 Å². The maximum atomic E-state index is 12.1. The van der Waals surface area contributed by atoms with Crippen molar-refractivity contribution in [2.24, 2.45) is 0 Å². The van der Waals surface area contributed by atoms with Crippen LogP contribution in [-0.2, 0) is 10.5 Å². The van der Waals surface area contributed by atoms with Crippen molar-refractivity contribution in [2.75, 3.05) is 11.1 Å². The Hall–Kier alpha value is -1.49. The molecule has 1 heterocycles. The highest BCUT2D eigenvalue weighted by Gasteiger charge is 2.08. The van der Waals surface area contributed by atoms with E-state index in [0.29, 0.717) is 11.7 Å². The average Bonchev–Trinajstić information content (AvgIpc) is 2.97. The van der Waals surface area contributed by atoms with Crippen LogP contribution in [0.3, 0.4) is 0 Å². The first-order chi connectivity index (χ1) is 12.0. The molecule has 0 aliphatic heterocycles. The molecule has 0 aliphatic carbocycles. The van der Waals surface area contributed by atoms with Crippen LogP contribution >= 0.6 is 34.7 Å². The average molecular weight is 390 g/mol. The number of thiophene rings is 1. The highest BCUT2D eigenvalue weighted by Crippen LogP contribution is 2.31. The lowest BCUT2D eigenvalue weighted by atomic mass is 10.0. The zero-order valence-electron chi connectivity index (χ0n) is 14.2. The topological polar surface area (TPSA) is 29.1 Å². The maximum Gasteiger partial charge on any atom is 0.234 e. The van der Waals surface area contributed by atoms with Gasteiger partial charge in [-0.2, -0.15) is 0 Å². The van der Waals surface area contributed by atoms with Crippen LogP contribution in [0.4, 0.5) is 5.69 Å². The number of halogens is 1. The van der Waals surface area contributed by atoms with Gasteiger partial charge in [0.1, 0.15) is 0 Å². The number of carbonyl (C=O) groups is 1. The summed E-state index contributed by atoms with van der Waals surface area (Å²) in [5.74, 6) is 1.76. The first-order valence-electron chi connectivity index (χ1n) is 8.16. The molecular weight excluding hydrogens is 370 g/mol. The van der Waals surface area contributed by atoms with E-state index in [9.17, 15) is 4.79 Å². The molecule has 2 nitrogen and oxygen atoms in total. The molecule has 0 bridgehead atoms. The van der Waals surface area contributed by atoms with Gasteiger partial charge in [0.25, 0.3) is 0 Å². The number of fused-ring (bicyclic) bond motifs is 1. The van der Waals surface area contributed by atoms with Crippen molar-refractivity contribution in [1.82, 2.24) is 0 Å². The number of hydrogen-bond donors (Lipinski definition) is 1. The molecule has 0 spiro atoms. The Labute approximate surface area is 161 Å². The number of hydrogen-bond acceptors (Lipinski definition) is 3. The van der Waals surface area contributed by atoms with E-state index in [1.807, 2.05) is 30.3 Å². The largest absolute Gasteiger partial charge is 0.325 e. The molecule has 0 saturated heterocycles. The van der Waals surface area contributed by atoms with Crippen molar-refractivity contribution in [2.45, 2.75) is 25.5 Å². The van der Waals surface area contributed by atoms with Gasteiger partial charge in [-0.1, -0.05) is 37.6 Å². The van der Waals surface area contributed by atoms with Crippen LogP contribution in [0.5, 0.6) is 0 Å². The molecule has 0 aliphatic rings. The number of thioether (sulfide) groups is 1. The third-order valence-electron chi connectivity index (χ3n) is 3.97. The van der Waals surface area contributed by atoms with E-state index in [0.717, 1.165) is 16.5 Å². The molecule has 0 unspecified atom stereocenters. The summed E-state index contributed by atoms with van der Waals surface area (Å²) in [7, 11) is 0. The van der Waals surface area contributed by atoms with E-state index in [1.165, 1.54) is 21.2 Å². The molecule has 2 aromatic carbocycles. The Kier molecular flexibility index (Phi) is 6.05. The van der Waals surface area contributed by atoms with Crippen molar-refractivity contribution >= 4 is 56.4 Å². The Morgan fingerprint density at radius 3 is 2.68 bits per heavy atom. The quantitative estimate of drug-likeness (QED) is 0.517. The molecule has 1 N–H and O–H groups in total. The summed E-state index contributed by atoms with van der Waals surface area (Å²) in [6.45, 7) is 4.32.